The van der Waals surface area contributed by atoms with E-state index in [0.29, 0.717) is 24.8 Å². The van der Waals surface area contributed by atoms with E-state index in [4.69, 9.17) is 4.74 Å². The predicted octanol–water partition coefficient (Wildman–Crippen LogP) is 5.74. The highest BCUT2D eigenvalue weighted by Gasteiger charge is 2.47. The maximum absolute atomic E-state index is 13.4. The van der Waals surface area contributed by atoms with E-state index in [1.165, 1.54) is 18.4 Å². The van der Waals surface area contributed by atoms with Gasteiger partial charge in [-0.25, -0.2) is 0 Å². The van der Waals surface area contributed by atoms with Crippen LogP contribution in [0.5, 0.6) is 5.75 Å². The maximum atomic E-state index is 13.4. The molecule has 206 valence electrons. The molecule has 2 amide bonds. The van der Waals surface area contributed by atoms with Crippen molar-refractivity contribution in [3.8, 4) is 5.75 Å². The van der Waals surface area contributed by atoms with Crippen LogP contribution in [-0.4, -0.2) is 54.9 Å². The molecule has 2 aromatic rings. The van der Waals surface area contributed by atoms with Crippen LogP contribution >= 0.6 is 28.3 Å². The van der Waals surface area contributed by atoms with E-state index in [1.54, 1.807) is 7.11 Å². The van der Waals surface area contributed by atoms with Crippen molar-refractivity contribution in [3.05, 3.63) is 64.1 Å². The van der Waals surface area contributed by atoms with Gasteiger partial charge in [-0.3, -0.25) is 9.59 Å². The summed E-state index contributed by atoms with van der Waals surface area (Å²) in [5.41, 5.74) is 2.01. The summed E-state index contributed by atoms with van der Waals surface area (Å²) in [6.45, 7) is 4.27. The van der Waals surface area contributed by atoms with E-state index in [0.717, 1.165) is 67.6 Å². The second-order valence-electron chi connectivity index (χ2n) is 11.0. The minimum absolute atomic E-state index is 0. The largest absolute Gasteiger partial charge is 0.496 e. The topological polar surface area (TPSA) is 61.9 Å². The molecule has 1 atom stereocenters. The fourth-order valence-electron chi connectivity index (χ4n) is 5.93. The molecule has 0 aromatic heterocycles. The zero-order valence-electron chi connectivity index (χ0n) is 22.2. The first kappa shape index (κ1) is 28.9. The van der Waals surface area contributed by atoms with Crippen LogP contribution in [-0.2, 0) is 16.1 Å². The van der Waals surface area contributed by atoms with Crippen LogP contribution in [0, 0.1) is 11.3 Å². The first-order valence-electron chi connectivity index (χ1n) is 13.6. The first-order valence-corrected chi connectivity index (χ1v) is 14.4. The van der Waals surface area contributed by atoms with E-state index >= 15 is 0 Å². The number of amides is 2. The first-order chi connectivity index (χ1) is 18.0. The summed E-state index contributed by atoms with van der Waals surface area (Å²) in [7, 11) is 1.69. The van der Waals surface area contributed by atoms with Crippen molar-refractivity contribution >= 4 is 40.2 Å². The molecule has 1 N–H and O–H groups in total. The summed E-state index contributed by atoms with van der Waals surface area (Å²) in [5, 5.41) is 3.30. The van der Waals surface area contributed by atoms with Gasteiger partial charge < -0.3 is 19.9 Å². The normalized spacial score (nSPS) is 19.7. The number of nitrogens with zero attached hydrogens (tertiary/aromatic N) is 2. The van der Waals surface area contributed by atoms with Crippen LogP contribution in [0.2, 0.25) is 0 Å². The zero-order valence-corrected chi connectivity index (χ0v) is 24.6. The molecule has 1 saturated carbocycles. The molecule has 1 spiro atoms. The Morgan fingerprint density at radius 3 is 2.45 bits per heavy atom. The van der Waals surface area contributed by atoms with Gasteiger partial charge in [0.2, 0.25) is 11.8 Å². The molecule has 3 fully saturated rings. The van der Waals surface area contributed by atoms with Gasteiger partial charge in [-0.1, -0.05) is 46.3 Å². The lowest BCUT2D eigenvalue weighted by molar-refractivity contribution is -0.139. The van der Waals surface area contributed by atoms with Crippen LogP contribution in [0.1, 0.15) is 62.1 Å². The molecule has 2 saturated heterocycles. The van der Waals surface area contributed by atoms with Crippen molar-refractivity contribution in [1.29, 1.82) is 0 Å². The molecule has 0 bridgehead atoms. The van der Waals surface area contributed by atoms with Gasteiger partial charge in [0.25, 0.3) is 0 Å². The van der Waals surface area contributed by atoms with Crippen molar-refractivity contribution in [2.24, 2.45) is 11.3 Å². The average molecular weight is 605 g/mol. The number of carbonyl (C=O) groups is 2. The summed E-state index contributed by atoms with van der Waals surface area (Å²) in [6, 6.07) is 16.2. The minimum Gasteiger partial charge on any atom is -0.496 e. The zero-order chi connectivity index (χ0) is 25.8. The van der Waals surface area contributed by atoms with Gasteiger partial charge in [0, 0.05) is 36.1 Å². The second-order valence-corrected chi connectivity index (χ2v) is 11.9. The van der Waals surface area contributed by atoms with Crippen LogP contribution < -0.4 is 10.1 Å². The van der Waals surface area contributed by atoms with Gasteiger partial charge in [0.15, 0.2) is 0 Å². The molecule has 2 aliphatic heterocycles. The Bertz CT molecular complexity index is 1100. The standard InChI is InChI=1S/C30H38BrN3O3.ClH/c1-37-27-5-3-2-4-25(27)26(32-28(35)20-22-6-7-22)12-16-33-17-13-30(14-18-33)15-19-34(29(30)36)21-23-8-10-24(31)11-9-23;/h2-5,8-11,22,26H,6-7,12-21H2,1H3,(H,32,35);1H. The van der Waals surface area contributed by atoms with Crippen molar-refractivity contribution in [3.63, 3.8) is 0 Å². The van der Waals surface area contributed by atoms with Gasteiger partial charge in [-0.2, -0.15) is 0 Å². The third-order valence-corrected chi connectivity index (χ3v) is 8.98. The van der Waals surface area contributed by atoms with Crippen LogP contribution in [0.3, 0.4) is 0 Å². The summed E-state index contributed by atoms with van der Waals surface area (Å²) in [4.78, 5) is 30.6. The Morgan fingerprint density at radius 2 is 1.76 bits per heavy atom. The molecule has 1 unspecified atom stereocenters. The maximum Gasteiger partial charge on any atom is 0.229 e. The molecule has 1 aliphatic carbocycles. The quantitative estimate of drug-likeness (QED) is 0.376. The van der Waals surface area contributed by atoms with Crippen LogP contribution in [0.4, 0.5) is 0 Å². The number of benzene rings is 2. The molecular weight excluding hydrogens is 566 g/mol. The number of hydrogen-bond acceptors (Lipinski definition) is 4. The van der Waals surface area contributed by atoms with Crippen LogP contribution in [0.25, 0.3) is 0 Å². The second kappa shape index (κ2) is 12.8. The number of piperidine rings is 1. The van der Waals surface area contributed by atoms with Crippen molar-refractivity contribution in [2.45, 2.75) is 57.5 Å². The Hall–Kier alpha value is -2.09. The lowest BCUT2D eigenvalue weighted by Crippen LogP contribution is -2.45. The molecule has 8 heteroatoms. The molecule has 2 aromatic carbocycles. The third-order valence-electron chi connectivity index (χ3n) is 8.46. The molecular formula is C30H39BrClN3O3. The summed E-state index contributed by atoms with van der Waals surface area (Å²) in [5.74, 6) is 1.84. The van der Waals surface area contributed by atoms with Gasteiger partial charge in [-0.15, -0.1) is 12.4 Å². The van der Waals surface area contributed by atoms with E-state index in [-0.39, 0.29) is 29.8 Å². The Kier molecular flexibility index (Phi) is 9.77. The average Bonchev–Trinajstić information content (AvgIpc) is 3.69. The SMILES string of the molecule is COc1ccccc1C(CCN1CCC2(CC1)CCN(Cc1ccc(Br)cc1)C2=O)NC(=O)CC1CC1.Cl. The summed E-state index contributed by atoms with van der Waals surface area (Å²) >= 11 is 3.49. The van der Waals surface area contributed by atoms with Gasteiger partial charge in [-0.05, 0) is 81.3 Å². The van der Waals surface area contributed by atoms with E-state index in [9.17, 15) is 9.59 Å². The summed E-state index contributed by atoms with van der Waals surface area (Å²) < 4.78 is 6.68. The van der Waals surface area contributed by atoms with Crippen molar-refractivity contribution in [2.75, 3.05) is 33.3 Å². The number of halogens is 2. The molecule has 6 nitrogen and oxygen atoms in total. The number of methoxy groups -OCH3 is 1. The monoisotopic (exact) mass is 603 g/mol. The van der Waals surface area contributed by atoms with E-state index in [2.05, 4.69) is 44.3 Å². The van der Waals surface area contributed by atoms with Crippen molar-refractivity contribution < 1.29 is 14.3 Å². The lowest BCUT2D eigenvalue weighted by atomic mass is 9.77. The molecule has 3 aliphatic rings. The van der Waals surface area contributed by atoms with Gasteiger partial charge >= 0.3 is 0 Å². The minimum atomic E-state index is -0.202. The number of hydrogen-bond donors (Lipinski definition) is 1. The smallest absolute Gasteiger partial charge is 0.229 e. The number of carbonyl (C=O) groups excluding carboxylic acids is 2. The Morgan fingerprint density at radius 1 is 1.08 bits per heavy atom. The van der Waals surface area contributed by atoms with Crippen molar-refractivity contribution in [1.82, 2.24) is 15.1 Å². The number of nitrogens with one attached hydrogen (secondary N) is 1. The Labute approximate surface area is 241 Å². The van der Waals surface area contributed by atoms with Gasteiger partial charge in [0.05, 0.1) is 18.6 Å². The highest BCUT2D eigenvalue weighted by molar-refractivity contribution is 9.10. The molecule has 0 radical (unpaired) electrons. The van der Waals surface area contributed by atoms with Gasteiger partial charge in [0.1, 0.15) is 5.75 Å². The molecule has 38 heavy (non-hydrogen) atoms. The fraction of sp³-hybridized carbons (Fsp3) is 0.533. The van der Waals surface area contributed by atoms with E-state index in [1.807, 2.05) is 35.2 Å². The van der Waals surface area contributed by atoms with Crippen LogP contribution in [0.15, 0.2) is 53.0 Å². The predicted molar refractivity (Wildman–Crippen MR) is 155 cm³/mol. The fourth-order valence-corrected chi connectivity index (χ4v) is 6.20. The number of ether oxygens (including phenoxy) is 1. The Balaban J connectivity index is 0.00000336. The van der Waals surface area contributed by atoms with E-state index < -0.39 is 0 Å². The summed E-state index contributed by atoms with van der Waals surface area (Å²) in [6.07, 6.45) is 6.57. The molecule has 5 rings (SSSR count). The highest BCUT2D eigenvalue weighted by atomic mass is 79.9. The lowest BCUT2D eigenvalue weighted by Gasteiger charge is -2.38. The molecule has 2 heterocycles. The third kappa shape index (κ3) is 6.91. The number of rotatable bonds is 10. The number of likely N-dealkylation sites (tertiary alicyclic amines) is 2. The highest BCUT2D eigenvalue weighted by Crippen LogP contribution is 2.42. The number of para-hydroxylation sites is 1.